The highest BCUT2D eigenvalue weighted by Crippen LogP contribution is 2.37. The highest BCUT2D eigenvalue weighted by molar-refractivity contribution is 14.1. The second kappa shape index (κ2) is 16.3. The number of halogens is 2. The average Bonchev–Trinajstić information content (AvgIpc) is 3.40. The highest BCUT2D eigenvalue weighted by Gasteiger charge is 2.34. The molecule has 0 saturated heterocycles. The van der Waals surface area contributed by atoms with Gasteiger partial charge >= 0.3 is 11.9 Å². The van der Waals surface area contributed by atoms with Crippen LogP contribution in [0.1, 0.15) is 43.5 Å². The van der Waals surface area contributed by atoms with Crippen molar-refractivity contribution in [2.45, 2.75) is 33.4 Å². The molecule has 11 nitrogen and oxygen atoms in total. The number of allylic oxidation sites excluding steroid dienone is 1. The predicted octanol–water partition coefficient (Wildman–Crippen LogP) is 5.08. The smallest absolute Gasteiger partial charge is 0.343 e. The van der Waals surface area contributed by atoms with Crippen LogP contribution in [0.25, 0.3) is 6.08 Å². The standard InChI is InChI=1S/C36H34FIN2O9S/c1-6-46-27-17-23(10-13-26(27)48-19-30(41)45-5)32-31(35(43)47-7-2)20(3)39-36-40(32)34(42)29(50-36)16-22-14-25(38)33(28(15-22)44-4)49-18-21-8-11-24(37)12-9-21/h8-17,32H,6-7,18-19H2,1-5H3/b29-16-/t32-/m1/s1. The number of rotatable bonds is 13. The maximum absolute atomic E-state index is 14.2. The van der Waals surface area contributed by atoms with Gasteiger partial charge in [0.25, 0.3) is 5.56 Å². The van der Waals surface area contributed by atoms with E-state index in [-0.39, 0.29) is 36.8 Å². The van der Waals surface area contributed by atoms with Gasteiger partial charge in [-0.05, 0) is 103 Å². The topological polar surface area (TPSA) is 124 Å². The zero-order chi connectivity index (χ0) is 35.9. The van der Waals surface area contributed by atoms with Gasteiger partial charge in [-0.15, -0.1) is 0 Å². The van der Waals surface area contributed by atoms with Gasteiger partial charge in [0.2, 0.25) is 0 Å². The summed E-state index contributed by atoms with van der Waals surface area (Å²) in [5, 5.41) is 0. The first kappa shape index (κ1) is 36.6. The number of hydrogen-bond acceptors (Lipinski definition) is 11. The molecule has 0 fully saturated rings. The molecule has 0 bridgehead atoms. The summed E-state index contributed by atoms with van der Waals surface area (Å²) in [4.78, 5) is 44.4. The third kappa shape index (κ3) is 8.02. The Morgan fingerprint density at radius 1 is 0.980 bits per heavy atom. The molecule has 0 saturated carbocycles. The van der Waals surface area contributed by atoms with E-state index in [0.29, 0.717) is 55.8 Å². The second-order valence-electron chi connectivity index (χ2n) is 10.8. The summed E-state index contributed by atoms with van der Waals surface area (Å²) in [7, 11) is 2.79. The fourth-order valence-corrected chi connectivity index (χ4v) is 7.06. The minimum Gasteiger partial charge on any atom is -0.493 e. The lowest BCUT2D eigenvalue weighted by molar-refractivity contribution is -0.143. The first-order valence-electron chi connectivity index (χ1n) is 15.5. The Bertz CT molecular complexity index is 2130. The number of aromatic nitrogens is 1. The molecule has 0 spiro atoms. The molecule has 4 aromatic rings. The fraction of sp³-hybridized carbons (Fsp3) is 0.278. The average molecular weight is 817 g/mol. The van der Waals surface area contributed by atoms with Gasteiger partial charge in [0.15, 0.2) is 34.4 Å². The molecule has 1 aliphatic heterocycles. The van der Waals surface area contributed by atoms with Gasteiger partial charge in [-0.25, -0.2) is 19.0 Å². The van der Waals surface area contributed by atoms with Crippen LogP contribution in [-0.4, -0.2) is 50.5 Å². The van der Waals surface area contributed by atoms with E-state index in [1.165, 1.54) is 42.3 Å². The first-order chi connectivity index (χ1) is 24.1. The predicted molar refractivity (Wildman–Crippen MR) is 192 cm³/mol. The van der Waals surface area contributed by atoms with Crippen LogP contribution in [0.3, 0.4) is 0 Å². The number of carbonyl (C=O) groups excluding carboxylic acids is 2. The van der Waals surface area contributed by atoms with Crippen LogP contribution in [-0.2, 0) is 25.7 Å². The normalized spacial score (nSPS) is 14.1. The summed E-state index contributed by atoms with van der Waals surface area (Å²) in [5.74, 6) is 0.0742. The Labute approximate surface area is 304 Å². The van der Waals surface area contributed by atoms with Crippen LogP contribution in [0.5, 0.6) is 23.0 Å². The van der Waals surface area contributed by atoms with Gasteiger partial charge in [0.05, 0.1) is 52.8 Å². The second-order valence-corrected chi connectivity index (χ2v) is 12.9. The summed E-state index contributed by atoms with van der Waals surface area (Å²) in [6.45, 7) is 5.49. The molecule has 50 heavy (non-hydrogen) atoms. The van der Waals surface area contributed by atoms with Crippen LogP contribution in [0, 0.1) is 9.39 Å². The van der Waals surface area contributed by atoms with Crippen molar-refractivity contribution in [3.05, 3.63) is 112 Å². The van der Waals surface area contributed by atoms with Gasteiger partial charge < -0.3 is 28.4 Å². The van der Waals surface area contributed by atoms with Crippen LogP contribution in [0.15, 0.2) is 75.7 Å². The molecule has 1 atom stereocenters. The Hall–Kier alpha value is -4.70. The lowest BCUT2D eigenvalue weighted by atomic mass is 9.95. The number of hydrogen-bond donors (Lipinski definition) is 0. The van der Waals surface area contributed by atoms with E-state index in [1.807, 2.05) is 6.07 Å². The van der Waals surface area contributed by atoms with E-state index < -0.39 is 18.0 Å². The molecule has 262 valence electrons. The Morgan fingerprint density at radius 2 is 1.74 bits per heavy atom. The van der Waals surface area contributed by atoms with Crippen molar-refractivity contribution < 1.29 is 42.4 Å². The van der Waals surface area contributed by atoms with Crippen molar-refractivity contribution in [3.8, 4) is 23.0 Å². The summed E-state index contributed by atoms with van der Waals surface area (Å²) in [5.41, 5.74) is 2.25. The molecule has 0 unspecified atom stereocenters. The number of ether oxygens (including phenoxy) is 6. The third-order valence-corrected chi connectivity index (χ3v) is 9.30. The number of nitrogens with zero attached hydrogens (tertiary/aromatic N) is 2. The zero-order valence-electron chi connectivity index (χ0n) is 27.9. The van der Waals surface area contributed by atoms with E-state index in [0.717, 1.165) is 9.13 Å². The summed E-state index contributed by atoms with van der Waals surface area (Å²) in [6.07, 6.45) is 1.73. The van der Waals surface area contributed by atoms with Crippen molar-refractivity contribution in [3.63, 3.8) is 0 Å². The Morgan fingerprint density at radius 3 is 2.42 bits per heavy atom. The first-order valence-corrected chi connectivity index (χ1v) is 17.4. The fourth-order valence-electron chi connectivity index (χ4n) is 5.24. The van der Waals surface area contributed by atoms with Gasteiger partial charge in [-0.1, -0.05) is 29.5 Å². The molecule has 0 radical (unpaired) electrons. The van der Waals surface area contributed by atoms with E-state index in [9.17, 15) is 18.8 Å². The van der Waals surface area contributed by atoms with E-state index in [2.05, 4.69) is 32.3 Å². The summed E-state index contributed by atoms with van der Waals surface area (Å²) < 4.78 is 49.2. The van der Waals surface area contributed by atoms with Crippen molar-refractivity contribution in [2.24, 2.45) is 4.99 Å². The molecule has 2 heterocycles. The van der Waals surface area contributed by atoms with E-state index in [4.69, 9.17) is 23.7 Å². The maximum atomic E-state index is 14.2. The van der Waals surface area contributed by atoms with Gasteiger partial charge in [-0.3, -0.25) is 9.36 Å². The molecular weight excluding hydrogens is 782 g/mol. The van der Waals surface area contributed by atoms with Crippen LogP contribution < -0.4 is 33.8 Å². The van der Waals surface area contributed by atoms with Gasteiger partial charge in [-0.2, -0.15) is 0 Å². The van der Waals surface area contributed by atoms with Crippen molar-refractivity contribution >= 4 is 51.9 Å². The van der Waals surface area contributed by atoms with Crippen molar-refractivity contribution in [2.75, 3.05) is 34.0 Å². The highest BCUT2D eigenvalue weighted by atomic mass is 127. The van der Waals surface area contributed by atoms with Crippen molar-refractivity contribution in [1.82, 2.24) is 4.57 Å². The largest absolute Gasteiger partial charge is 0.493 e. The molecule has 1 aromatic heterocycles. The number of thiazole rings is 1. The van der Waals surface area contributed by atoms with Gasteiger partial charge in [0.1, 0.15) is 12.4 Å². The monoisotopic (exact) mass is 816 g/mol. The summed E-state index contributed by atoms with van der Waals surface area (Å²) >= 11 is 3.32. The molecule has 0 aliphatic carbocycles. The molecule has 5 rings (SSSR count). The van der Waals surface area contributed by atoms with E-state index >= 15 is 0 Å². The van der Waals surface area contributed by atoms with Gasteiger partial charge in [0, 0.05) is 0 Å². The molecule has 0 N–H and O–H groups in total. The lowest BCUT2D eigenvalue weighted by Crippen LogP contribution is -2.40. The minimum absolute atomic E-state index is 0.126. The maximum Gasteiger partial charge on any atom is 0.343 e. The zero-order valence-corrected chi connectivity index (χ0v) is 30.9. The molecule has 14 heteroatoms. The number of benzene rings is 3. The third-order valence-electron chi connectivity index (χ3n) is 7.52. The molecule has 0 amide bonds. The molecule has 1 aliphatic rings. The molecular formula is C36H34FIN2O9S. The van der Waals surface area contributed by atoms with Crippen LogP contribution in [0.2, 0.25) is 0 Å². The molecule has 3 aromatic carbocycles. The van der Waals surface area contributed by atoms with Crippen molar-refractivity contribution in [1.29, 1.82) is 0 Å². The SMILES string of the molecule is CCOC(=O)C1=C(C)N=c2s/c(=C\c3cc(I)c(OCc4ccc(F)cc4)c(OC)c3)c(=O)n2[C@@H]1c1ccc(OCC(=O)OC)c(OCC)c1. The Kier molecular flexibility index (Phi) is 12.0. The number of methoxy groups -OCH3 is 2. The number of carbonyl (C=O) groups is 2. The number of fused-ring (bicyclic) bond motifs is 1. The number of esters is 2. The summed E-state index contributed by atoms with van der Waals surface area (Å²) in [6, 6.07) is 13.7. The Balaban J connectivity index is 1.58. The van der Waals surface area contributed by atoms with Crippen LogP contribution >= 0.6 is 33.9 Å². The van der Waals surface area contributed by atoms with E-state index in [1.54, 1.807) is 63.2 Å². The minimum atomic E-state index is -0.904. The lowest BCUT2D eigenvalue weighted by Gasteiger charge is -2.25. The quantitative estimate of drug-likeness (QED) is 0.134. The van der Waals surface area contributed by atoms with Crippen LogP contribution in [0.4, 0.5) is 4.39 Å².